The lowest BCUT2D eigenvalue weighted by atomic mass is 10.1. The number of aromatic nitrogens is 1. The van der Waals surface area contributed by atoms with Crippen LogP contribution in [-0.4, -0.2) is 56.7 Å². The maximum absolute atomic E-state index is 12.5. The van der Waals surface area contributed by atoms with E-state index in [1.54, 1.807) is 27.1 Å². The fraction of sp³-hybridized carbons (Fsp3) is 0.333. The maximum Gasteiger partial charge on any atom is 0.265 e. The normalized spacial score (nSPS) is 16.2. The van der Waals surface area contributed by atoms with E-state index in [1.165, 1.54) is 17.0 Å². The van der Waals surface area contributed by atoms with Gasteiger partial charge in [0.05, 0.1) is 29.4 Å². The molecular weight excluding hydrogens is 406 g/mol. The van der Waals surface area contributed by atoms with Gasteiger partial charge in [-0.25, -0.2) is 13.4 Å². The average molecular weight is 429 g/mol. The molecule has 0 saturated heterocycles. The number of hydrogen-bond acceptors (Lipinski definition) is 7. The monoisotopic (exact) mass is 429 g/mol. The summed E-state index contributed by atoms with van der Waals surface area (Å²) in [6.45, 7) is 2.28. The van der Waals surface area contributed by atoms with E-state index in [9.17, 15) is 13.2 Å². The minimum atomic E-state index is -3.32. The maximum atomic E-state index is 12.5. The Kier molecular flexibility index (Phi) is 5.15. The molecule has 1 aromatic heterocycles. The number of amides is 1. The molecule has 158 valence electrons. The summed E-state index contributed by atoms with van der Waals surface area (Å²) < 4.78 is 36.0. The number of hydrogen-bond donors (Lipinski definition) is 0. The Balaban J connectivity index is 1.65. The largest absolute Gasteiger partial charge is 0.477 e. The summed E-state index contributed by atoms with van der Waals surface area (Å²) in [7, 11) is 0.0642. The van der Waals surface area contributed by atoms with Gasteiger partial charge in [-0.3, -0.25) is 4.79 Å². The molecule has 30 heavy (non-hydrogen) atoms. The highest BCUT2D eigenvalue weighted by Crippen LogP contribution is 2.34. The number of benzene rings is 2. The van der Waals surface area contributed by atoms with Crippen molar-refractivity contribution in [1.82, 2.24) is 9.88 Å². The molecule has 4 rings (SSSR count). The zero-order valence-electron chi connectivity index (χ0n) is 17.0. The van der Waals surface area contributed by atoms with Crippen LogP contribution in [0.3, 0.4) is 0 Å². The number of nitrogens with zero attached hydrogens (tertiary/aromatic N) is 3. The molecule has 2 aromatic carbocycles. The van der Waals surface area contributed by atoms with Gasteiger partial charge in [-0.05, 0) is 30.3 Å². The van der Waals surface area contributed by atoms with Crippen LogP contribution < -0.4 is 9.64 Å². The van der Waals surface area contributed by atoms with E-state index in [-0.39, 0.29) is 16.6 Å². The van der Waals surface area contributed by atoms with Gasteiger partial charge in [-0.2, -0.15) is 0 Å². The Bertz CT molecular complexity index is 1200. The molecule has 0 radical (unpaired) electrons. The average Bonchev–Trinajstić information content (AvgIpc) is 3.14. The molecule has 1 atom stereocenters. The third-order valence-corrected chi connectivity index (χ3v) is 6.78. The number of oxazole rings is 1. The first-order valence-electron chi connectivity index (χ1n) is 9.62. The molecular formula is C21H23N3O5S. The first kappa shape index (κ1) is 20.2. The summed E-state index contributed by atoms with van der Waals surface area (Å²) in [5, 5.41) is 0. The van der Waals surface area contributed by atoms with Gasteiger partial charge in [-0.1, -0.05) is 19.1 Å². The van der Waals surface area contributed by atoms with Crippen molar-refractivity contribution >= 4 is 32.5 Å². The Morgan fingerprint density at radius 2 is 2.00 bits per heavy atom. The van der Waals surface area contributed by atoms with Crippen molar-refractivity contribution < 1.29 is 22.4 Å². The molecule has 9 heteroatoms. The predicted molar refractivity (Wildman–Crippen MR) is 112 cm³/mol. The van der Waals surface area contributed by atoms with E-state index in [1.807, 2.05) is 29.2 Å². The van der Waals surface area contributed by atoms with Crippen molar-refractivity contribution in [2.75, 3.05) is 31.3 Å². The molecule has 0 spiro atoms. The highest BCUT2D eigenvalue weighted by atomic mass is 32.2. The van der Waals surface area contributed by atoms with Crippen LogP contribution in [0.15, 0.2) is 51.8 Å². The SMILES string of the molecule is CCS(=O)(=O)c1ccc2oc(CN3CC(C(=O)N(C)C)Oc4ccccc43)nc2c1. The highest BCUT2D eigenvalue weighted by Gasteiger charge is 2.32. The van der Waals surface area contributed by atoms with Gasteiger partial charge in [0.2, 0.25) is 5.89 Å². The number of ether oxygens (including phenoxy) is 1. The van der Waals surface area contributed by atoms with Gasteiger partial charge in [0.25, 0.3) is 5.91 Å². The zero-order valence-corrected chi connectivity index (χ0v) is 17.8. The molecule has 0 saturated carbocycles. The van der Waals surface area contributed by atoms with E-state index in [0.29, 0.717) is 35.8 Å². The third kappa shape index (κ3) is 3.72. The number of sulfone groups is 1. The topological polar surface area (TPSA) is 93.0 Å². The molecule has 0 bridgehead atoms. The van der Waals surface area contributed by atoms with E-state index in [4.69, 9.17) is 9.15 Å². The second-order valence-electron chi connectivity index (χ2n) is 7.33. The quantitative estimate of drug-likeness (QED) is 0.615. The number of likely N-dealkylation sites (N-methyl/N-ethyl adjacent to an activating group) is 1. The Morgan fingerprint density at radius 3 is 2.73 bits per heavy atom. The van der Waals surface area contributed by atoms with Crippen molar-refractivity contribution in [3.05, 3.63) is 48.4 Å². The summed E-state index contributed by atoms with van der Waals surface area (Å²) in [6, 6.07) is 12.2. The number of carbonyl (C=O) groups excluding carboxylic acids is 1. The molecule has 1 amide bonds. The third-order valence-electron chi connectivity index (χ3n) is 5.05. The van der Waals surface area contributed by atoms with Crippen molar-refractivity contribution in [3.63, 3.8) is 0 Å². The fourth-order valence-electron chi connectivity index (χ4n) is 3.42. The number of fused-ring (bicyclic) bond motifs is 2. The Morgan fingerprint density at radius 1 is 1.23 bits per heavy atom. The summed E-state index contributed by atoms with van der Waals surface area (Å²) >= 11 is 0. The molecule has 8 nitrogen and oxygen atoms in total. The molecule has 1 aliphatic rings. The van der Waals surface area contributed by atoms with E-state index >= 15 is 0 Å². The van der Waals surface area contributed by atoms with Gasteiger partial charge in [-0.15, -0.1) is 0 Å². The van der Waals surface area contributed by atoms with E-state index in [2.05, 4.69) is 4.98 Å². The summed E-state index contributed by atoms with van der Waals surface area (Å²) in [4.78, 5) is 20.7. The van der Waals surface area contributed by atoms with Crippen LogP contribution in [0.2, 0.25) is 0 Å². The van der Waals surface area contributed by atoms with Gasteiger partial charge in [0.15, 0.2) is 21.5 Å². The minimum Gasteiger partial charge on any atom is -0.477 e. The van der Waals surface area contributed by atoms with Gasteiger partial charge < -0.3 is 19.0 Å². The van der Waals surface area contributed by atoms with E-state index in [0.717, 1.165) is 5.69 Å². The van der Waals surface area contributed by atoms with Crippen molar-refractivity contribution in [3.8, 4) is 5.75 Å². The molecule has 1 unspecified atom stereocenters. The Hall–Kier alpha value is -3.07. The molecule has 1 aliphatic heterocycles. The van der Waals surface area contributed by atoms with Crippen LogP contribution in [0.4, 0.5) is 5.69 Å². The molecule has 0 aliphatic carbocycles. The number of carbonyl (C=O) groups is 1. The number of para-hydroxylation sites is 2. The van der Waals surface area contributed by atoms with Crippen molar-refractivity contribution in [2.45, 2.75) is 24.5 Å². The summed E-state index contributed by atoms with van der Waals surface area (Å²) in [6.07, 6.45) is -0.638. The molecule has 0 N–H and O–H groups in total. The molecule has 3 aromatic rings. The highest BCUT2D eigenvalue weighted by molar-refractivity contribution is 7.91. The van der Waals surface area contributed by atoms with Crippen LogP contribution in [-0.2, 0) is 21.2 Å². The van der Waals surface area contributed by atoms with Crippen molar-refractivity contribution in [1.29, 1.82) is 0 Å². The van der Waals surface area contributed by atoms with Crippen LogP contribution in [0.1, 0.15) is 12.8 Å². The predicted octanol–water partition coefficient (Wildman–Crippen LogP) is 2.48. The first-order chi connectivity index (χ1) is 14.3. The smallest absolute Gasteiger partial charge is 0.265 e. The van der Waals surface area contributed by atoms with E-state index < -0.39 is 15.9 Å². The van der Waals surface area contributed by atoms with Crippen molar-refractivity contribution in [2.24, 2.45) is 0 Å². The van der Waals surface area contributed by atoms with Crippen LogP contribution in [0.25, 0.3) is 11.1 Å². The summed E-state index contributed by atoms with van der Waals surface area (Å²) in [5.74, 6) is 0.955. The Labute approximate surface area is 175 Å². The van der Waals surface area contributed by atoms with Gasteiger partial charge in [0.1, 0.15) is 11.3 Å². The lowest BCUT2D eigenvalue weighted by Gasteiger charge is -2.35. The number of rotatable bonds is 5. The lowest BCUT2D eigenvalue weighted by molar-refractivity contribution is -0.136. The first-order valence-corrected chi connectivity index (χ1v) is 11.3. The van der Waals surface area contributed by atoms with Crippen LogP contribution in [0, 0.1) is 0 Å². The van der Waals surface area contributed by atoms with Gasteiger partial charge >= 0.3 is 0 Å². The fourth-order valence-corrected chi connectivity index (χ4v) is 4.32. The summed E-state index contributed by atoms with van der Waals surface area (Å²) in [5.41, 5.74) is 1.85. The van der Waals surface area contributed by atoms with Gasteiger partial charge in [0, 0.05) is 14.1 Å². The number of anilines is 1. The second-order valence-corrected chi connectivity index (χ2v) is 9.61. The zero-order chi connectivity index (χ0) is 21.5. The standard InChI is InChI=1S/C21H23N3O5S/c1-4-30(26,27)14-9-10-17-15(11-14)22-20(29-17)13-24-12-19(21(25)23(2)3)28-18-8-6-5-7-16(18)24/h5-11,19H,4,12-13H2,1-3H3. The van der Waals surface area contributed by atoms with Crippen LogP contribution in [0.5, 0.6) is 5.75 Å². The lowest BCUT2D eigenvalue weighted by Crippen LogP contribution is -2.48. The minimum absolute atomic E-state index is 0.0229. The second kappa shape index (κ2) is 7.64. The molecule has 0 fully saturated rings. The van der Waals surface area contributed by atoms with Crippen LogP contribution >= 0.6 is 0 Å². The molecule has 2 heterocycles.